The van der Waals surface area contributed by atoms with Crippen molar-refractivity contribution in [3.05, 3.63) is 101 Å². The molecule has 4 heteroatoms. The summed E-state index contributed by atoms with van der Waals surface area (Å²) in [6, 6.07) is 20.9. The third-order valence-electron chi connectivity index (χ3n) is 4.18. The molecule has 0 radical (unpaired) electrons. The topological polar surface area (TPSA) is 22.0 Å². The van der Waals surface area contributed by atoms with E-state index < -0.39 is 0 Å². The van der Waals surface area contributed by atoms with Crippen molar-refractivity contribution in [2.24, 2.45) is 0 Å². The Bertz CT molecular complexity index is 1110. The predicted molar refractivity (Wildman–Crippen MR) is 94.9 cm³/mol. The van der Waals surface area contributed by atoms with Crippen LogP contribution in [0.1, 0.15) is 0 Å². The molecule has 0 fully saturated rings. The van der Waals surface area contributed by atoms with Crippen LogP contribution in [0.2, 0.25) is 0 Å². The lowest BCUT2D eigenvalue weighted by molar-refractivity contribution is 0.627. The van der Waals surface area contributed by atoms with Gasteiger partial charge in [-0.3, -0.25) is 9.36 Å². The molecule has 1 aromatic heterocycles. The zero-order valence-corrected chi connectivity index (χ0v) is 13.1. The zero-order chi connectivity index (χ0) is 17.4. The van der Waals surface area contributed by atoms with E-state index in [1.54, 1.807) is 34.9 Å². The molecule has 122 valence electrons. The Balaban J connectivity index is 2.01. The fraction of sp³-hybridized carbons (Fsp3) is 0. The monoisotopic (exact) mass is 333 g/mol. The van der Waals surface area contributed by atoms with E-state index in [-0.39, 0.29) is 17.2 Å². The highest BCUT2D eigenvalue weighted by Gasteiger charge is 2.10. The van der Waals surface area contributed by atoms with Crippen LogP contribution in [0.5, 0.6) is 0 Å². The molecule has 1 heterocycles. The van der Waals surface area contributed by atoms with Gasteiger partial charge in [0.25, 0.3) is 5.56 Å². The first-order valence-electron chi connectivity index (χ1n) is 7.80. The molecule has 4 aromatic rings. The Morgan fingerprint density at radius 1 is 0.680 bits per heavy atom. The zero-order valence-electron chi connectivity index (χ0n) is 13.1. The van der Waals surface area contributed by atoms with Gasteiger partial charge in [0, 0.05) is 17.1 Å². The van der Waals surface area contributed by atoms with E-state index in [9.17, 15) is 13.6 Å². The molecule has 0 aliphatic rings. The van der Waals surface area contributed by atoms with Gasteiger partial charge in [-0.05, 0) is 59.7 Å². The van der Waals surface area contributed by atoms with Gasteiger partial charge in [0.05, 0.1) is 5.52 Å². The van der Waals surface area contributed by atoms with Gasteiger partial charge >= 0.3 is 0 Å². The van der Waals surface area contributed by atoms with Crippen molar-refractivity contribution < 1.29 is 8.78 Å². The summed E-state index contributed by atoms with van der Waals surface area (Å²) in [6.45, 7) is 0. The number of benzene rings is 3. The van der Waals surface area contributed by atoms with Crippen molar-refractivity contribution in [3.63, 3.8) is 0 Å². The summed E-state index contributed by atoms with van der Waals surface area (Å²) in [5, 5.41) is 0.859. The summed E-state index contributed by atoms with van der Waals surface area (Å²) in [6.07, 6.45) is 0. The van der Waals surface area contributed by atoms with Gasteiger partial charge in [0.15, 0.2) is 0 Å². The van der Waals surface area contributed by atoms with Crippen molar-refractivity contribution in [2.75, 3.05) is 0 Å². The standard InChI is InChI=1S/C21H13F2NO/c22-15-6-4-14(5-7-15)18-2-1-3-20-19(18)12-13-21(25)24(20)17-10-8-16(23)9-11-17/h1-13H. The molecular weight excluding hydrogens is 320 g/mol. The number of hydrogen-bond donors (Lipinski definition) is 0. The molecule has 25 heavy (non-hydrogen) atoms. The molecule has 0 spiro atoms. The van der Waals surface area contributed by atoms with Crippen LogP contribution in [0.15, 0.2) is 83.7 Å². The fourth-order valence-electron chi connectivity index (χ4n) is 3.01. The molecular formula is C21H13F2NO. The van der Waals surface area contributed by atoms with Gasteiger partial charge in [-0.15, -0.1) is 0 Å². The van der Waals surface area contributed by atoms with E-state index in [0.29, 0.717) is 11.2 Å². The highest BCUT2D eigenvalue weighted by atomic mass is 19.1. The molecule has 2 nitrogen and oxygen atoms in total. The Morgan fingerprint density at radius 3 is 2.00 bits per heavy atom. The van der Waals surface area contributed by atoms with Gasteiger partial charge in [-0.2, -0.15) is 0 Å². The van der Waals surface area contributed by atoms with Gasteiger partial charge in [-0.25, -0.2) is 8.78 Å². The normalized spacial score (nSPS) is 11.0. The molecule has 0 atom stereocenters. The summed E-state index contributed by atoms with van der Waals surface area (Å²) in [5.74, 6) is -0.656. The first-order valence-corrected chi connectivity index (χ1v) is 7.80. The smallest absolute Gasteiger partial charge is 0.255 e. The van der Waals surface area contributed by atoms with Gasteiger partial charge < -0.3 is 0 Å². The predicted octanol–water partition coefficient (Wildman–Crippen LogP) is 4.94. The van der Waals surface area contributed by atoms with E-state index in [4.69, 9.17) is 0 Å². The quantitative estimate of drug-likeness (QED) is 0.509. The molecule has 0 bridgehead atoms. The average molecular weight is 333 g/mol. The largest absolute Gasteiger partial charge is 0.277 e. The second-order valence-corrected chi connectivity index (χ2v) is 5.73. The third kappa shape index (κ3) is 2.72. The van der Waals surface area contributed by atoms with Crippen molar-refractivity contribution in [1.82, 2.24) is 4.57 Å². The van der Waals surface area contributed by atoms with Crippen molar-refractivity contribution in [3.8, 4) is 16.8 Å². The van der Waals surface area contributed by atoms with E-state index in [1.807, 2.05) is 18.2 Å². The highest BCUT2D eigenvalue weighted by Crippen LogP contribution is 2.29. The van der Waals surface area contributed by atoms with Crippen LogP contribution in [-0.2, 0) is 0 Å². The van der Waals surface area contributed by atoms with E-state index in [1.165, 1.54) is 30.3 Å². The molecule has 3 aromatic carbocycles. The molecule has 0 aliphatic carbocycles. The van der Waals surface area contributed by atoms with Crippen molar-refractivity contribution >= 4 is 10.9 Å². The van der Waals surface area contributed by atoms with Crippen LogP contribution >= 0.6 is 0 Å². The lowest BCUT2D eigenvalue weighted by Gasteiger charge is -2.13. The third-order valence-corrected chi connectivity index (χ3v) is 4.18. The van der Waals surface area contributed by atoms with Gasteiger partial charge in [-0.1, -0.05) is 24.3 Å². The minimum Gasteiger partial charge on any atom is -0.277 e. The van der Waals surface area contributed by atoms with Gasteiger partial charge in [0.2, 0.25) is 0 Å². The maximum absolute atomic E-state index is 13.2. The maximum Gasteiger partial charge on any atom is 0.255 e. The lowest BCUT2D eigenvalue weighted by Crippen LogP contribution is -2.17. The number of halogens is 2. The number of rotatable bonds is 2. The molecule has 0 aliphatic heterocycles. The summed E-state index contributed by atoms with van der Waals surface area (Å²) < 4.78 is 28.0. The lowest BCUT2D eigenvalue weighted by atomic mass is 10.0. The van der Waals surface area contributed by atoms with Gasteiger partial charge in [0.1, 0.15) is 11.6 Å². The minimum absolute atomic E-state index is 0.199. The fourth-order valence-corrected chi connectivity index (χ4v) is 3.01. The van der Waals surface area contributed by atoms with Crippen LogP contribution in [-0.4, -0.2) is 4.57 Å². The second kappa shape index (κ2) is 5.98. The number of pyridine rings is 1. The molecule has 4 rings (SSSR count). The van der Waals surface area contributed by atoms with Crippen molar-refractivity contribution in [1.29, 1.82) is 0 Å². The van der Waals surface area contributed by atoms with E-state index in [0.717, 1.165) is 16.5 Å². The first-order chi connectivity index (χ1) is 12.1. The molecule has 0 unspecified atom stereocenters. The Labute approximate surface area is 142 Å². The number of hydrogen-bond acceptors (Lipinski definition) is 1. The number of aromatic nitrogens is 1. The van der Waals surface area contributed by atoms with Crippen LogP contribution in [0.25, 0.3) is 27.7 Å². The van der Waals surface area contributed by atoms with Crippen molar-refractivity contribution in [2.45, 2.75) is 0 Å². The molecule has 0 amide bonds. The Kier molecular flexibility index (Phi) is 3.65. The average Bonchev–Trinajstić information content (AvgIpc) is 2.63. The SMILES string of the molecule is O=c1ccc2c(-c3ccc(F)cc3)cccc2n1-c1ccc(F)cc1. The van der Waals surface area contributed by atoms with Crippen LogP contribution in [0, 0.1) is 11.6 Å². The summed E-state index contributed by atoms with van der Waals surface area (Å²) in [5.41, 5.74) is 2.86. The second-order valence-electron chi connectivity index (χ2n) is 5.73. The molecule has 0 N–H and O–H groups in total. The first kappa shape index (κ1) is 15.3. The van der Waals surface area contributed by atoms with Crippen LogP contribution < -0.4 is 5.56 Å². The summed E-state index contributed by atoms with van der Waals surface area (Å²) in [4.78, 5) is 12.4. The number of nitrogens with zero attached hydrogens (tertiary/aromatic N) is 1. The highest BCUT2D eigenvalue weighted by molar-refractivity contribution is 5.95. The van der Waals surface area contributed by atoms with E-state index in [2.05, 4.69) is 0 Å². The van der Waals surface area contributed by atoms with Crippen LogP contribution in [0.4, 0.5) is 8.78 Å². The van der Waals surface area contributed by atoms with Crippen LogP contribution in [0.3, 0.4) is 0 Å². The summed E-state index contributed by atoms with van der Waals surface area (Å²) in [7, 11) is 0. The Morgan fingerprint density at radius 2 is 1.32 bits per heavy atom. The number of fused-ring (bicyclic) bond motifs is 1. The molecule has 0 saturated carbocycles. The minimum atomic E-state index is -0.357. The molecule has 0 saturated heterocycles. The van der Waals surface area contributed by atoms with E-state index >= 15 is 0 Å². The Hall–Kier alpha value is -3.27. The maximum atomic E-state index is 13.2. The summed E-state index contributed by atoms with van der Waals surface area (Å²) >= 11 is 0.